The average molecular weight is 180 g/mol. The van der Waals surface area contributed by atoms with Crippen molar-refractivity contribution in [3.63, 3.8) is 0 Å². The molecule has 0 aromatic carbocycles. The molecule has 0 heterocycles. The number of hydrogen-bond donors (Lipinski definition) is 2. The van der Waals surface area contributed by atoms with Crippen LogP contribution in [-0.4, -0.2) is 49.2 Å². The summed E-state index contributed by atoms with van der Waals surface area (Å²) in [5, 5.41) is 36.3. The third kappa shape index (κ3) is 9.76. The molecule has 2 atom stereocenters. The van der Waals surface area contributed by atoms with E-state index >= 15 is 0 Å². The second kappa shape index (κ2) is 7.41. The molecule has 0 rings (SSSR count). The number of hydrogen-bond acceptors (Lipinski definition) is 4. The lowest BCUT2D eigenvalue weighted by molar-refractivity contribution is -0.152. The zero-order chi connectivity index (χ0) is 9.40. The van der Waals surface area contributed by atoms with Gasteiger partial charge < -0.3 is 19.7 Å². The van der Waals surface area contributed by atoms with Crippen molar-refractivity contribution in [2.45, 2.75) is 12.6 Å². The van der Waals surface area contributed by atoms with Crippen LogP contribution in [0.25, 0.3) is 0 Å². The van der Waals surface area contributed by atoms with Gasteiger partial charge in [-0.05, 0) is 0 Å². The van der Waals surface area contributed by atoms with Gasteiger partial charge in [-0.15, -0.1) is 0 Å². The van der Waals surface area contributed by atoms with Crippen LogP contribution in [-0.2, 0) is 19.7 Å². The Balaban J connectivity index is 2.91. The summed E-state index contributed by atoms with van der Waals surface area (Å²) >= 11 is 0. The summed E-state index contributed by atoms with van der Waals surface area (Å²) < 4.78 is 9.21. The Labute approximate surface area is 70.0 Å². The number of rotatable bonds is 7. The van der Waals surface area contributed by atoms with Gasteiger partial charge in [-0.25, -0.2) is 0 Å². The van der Waals surface area contributed by atoms with Crippen molar-refractivity contribution in [3.8, 4) is 0 Å². The van der Waals surface area contributed by atoms with Crippen molar-refractivity contribution >= 4 is 0 Å². The highest BCUT2D eigenvalue weighted by molar-refractivity contribution is 4.35. The van der Waals surface area contributed by atoms with Gasteiger partial charge in [0.15, 0.2) is 0 Å². The summed E-state index contributed by atoms with van der Waals surface area (Å²) in [5.74, 6) is 0. The summed E-state index contributed by atoms with van der Waals surface area (Å²) in [7, 11) is 0. The van der Waals surface area contributed by atoms with Crippen LogP contribution in [0.3, 0.4) is 0 Å². The Bertz CT molecular complexity index is 82.0. The fourth-order valence-corrected chi connectivity index (χ4v) is 0.486. The summed E-state index contributed by atoms with van der Waals surface area (Å²) in [4.78, 5) is 0. The first kappa shape index (κ1) is 11.8. The zero-order valence-corrected chi connectivity index (χ0v) is 6.51. The molecule has 0 spiro atoms. The first-order valence-electron chi connectivity index (χ1n) is 3.46. The highest BCUT2D eigenvalue weighted by Crippen LogP contribution is 1.84. The Kier molecular flexibility index (Phi) is 7.26. The predicted octanol–water partition coefficient (Wildman–Crippen LogP) is -1.48. The van der Waals surface area contributed by atoms with Crippen molar-refractivity contribution in [3.05, 3.63) is 0 Å². The summed E-state index contributed by atoms with van der Waals surface area (Å²) in [5.41, 5.74) is 0. The monoisotopic (exact) mass is 180 g/mol. The van der Waals surface area contributed by atoms with Gasteiger partial charge in [0.05, 0.1) is 13.2 Å². The molecule has 0 aliphatic carbocycles. The van der Waals surface area contributed by atoms with Gasteiger partial charge >= 0.3 is 0 Å². The summed E-state index contributed by atoms with van der Waals surface area (Å²) in [6.45, 7) is -0.370. The molecule has 0 aliphatic heterocycles. The molecule has 0 amide bonds. The molecular formula is C6H12O6. The van der Waals surface area contributed by atoms with Crippen LogP contribution in [0.2, 0.25) is 0 Å². The van der Waals surface area contributed by atoms with Crippen LogP contribution in [0.15, 0.2) is 0 Å². The Morgan fingerprint density at radius 3 is 1.50 bits per heavy atom. The topological polar surface area (TPSA) is 98.7 Å². The first-order chi connectivity index (χ1) is 5.63. The van der Waals surface area contributed by atoms with Crippen molar-refractivity contribution in [1.82, 2.24) is 0 Å². The van der Waals surface area contributed by atoms with Crippen LogP contribution in [0.4, 0.5) is 0 Å². The van der Waals surface area contributed by atoms with Crippen molar-refractivity contribution in [1.29, 1.82) is 0 Å². The van der Waals surface area contributed by atoms with Crippen LogP contribution < -0.4 is 0 Å². The fourth-order valence-electron chi connectivity index (χ4n) is 0.486. The molecule has 0 aromatic rings. The van der Waals surface area contributed by atoms with Gasteiger partial charge in [0.1, 0.15) is 13.2 Å². The van der Waals surface area contributed by atoms with Crippen LogP contribution >= 0.6 is 0 Å². The molecule has 2 unspecified atom stereocenters. The van der Waals surface area contributed by atoms with Crippen LogP contribution in [0, 0.1) is 0 Å². The minimum atomic E-state index is -1.74. The van der Waals surface area contributed by atoms with E-state index < -0.39 is 12.6 Å². The molecule has 0 fully saturated rings. The maximum atomic E-state index is 9.97. The molecule has 6 nitrogen and oxygen atoms in total. The Morgan fingerprint density at radius 2 is 1.25 bits per heavy atom. The van der Waals surface area contributed by atoms with Gasteiger partial charge in [-0.2, -0.15) is 10.2 Å². The smallest absolute Gasteiger partial charge is 0.212 e. The molecule has 6 heteroatoms. The lowest BCUT2D eigenvalue weighted by Gasteiger charge is -2.05. The van der Waals surface area contributed by atoms with E-state index in [1.54, 1.807) is 0 Å². The molecule has 0 aromatic heterocycles. The average Bonchev–Trinajstić information content (AvgIpc) is 1.95. The lowest BCUT2D eigenvalue weighted by Crippen LogP contribution is -2.18. The lowest BCUT2D eigenvalue weighted by atomic mass is 10.6. The number of aliphatic hydroxyl groups is 2. The van der Waals surface area contributed by atoms with E-state index in [2.05, 4.69) is 9.47 Å². The Hall–Kier alpha value is -0.240. The molecule has 12 heavy (non-hydrogen) atoms. The highest BCUT2D eigenvalue weighted by atomic mass is 16.6. The normalized spacial score (nSPS) is 11.5. The minimum absolute atomic E-state index is 0.117. The van der Waals surface area contributed by atoms with E-state index in [0.717, 1.165) is 0 Å². The predicted molar refractivity (Wildman–Crippen MR) is 35.0 cm³/mol. The summed E-state index contributed by atoms with van der Waals surface area (Å²) in [6, 6.07) is 0. The van der Waals surface area contributed by atoms with E-state index in [9.17, 15) is 10.2 Å². The minimum Gasteiger partial charge on any atom is -0.374 e. The first-order valence-corrected chi connectivity index (χ1v) is 3.46. The quantitative estimate of drug-likeness (QED) is 0.368. The third-order valence-corrected chi connectivity index (χ3v) is 0.893. The number of ether oxygens (including phenoxy) is 2. The standard InChI is InChI=1S/C6H12O6/c7-5(8)3-11-1-2-12-4-6(9)10/h5-7,9H,1-4H2. The molecule has 2 radical (unpaired) electrons. The summed E-state index contributed by atoms with van der Waals surface area (Å²) in [6.07, 6.45) is -3.48. The van der Waals surface area contributed by atoms with E-state index in [-0.39, 0.29) is 26.4 Å². The van der Waals surface area contributed by atoms with E-state index in [0.29, 0.717) is 0 Å². The second-order valence-corrected chi connectivity index (χ2v) is 2.06. The van der Waals surface area contributed by atoms with Gasteiger partial charge in [0, 0.05) is 0 Å². The van der Waals surface area contributed by atoms with Gasteiger partial charge in [0.2, 0.25) is 12.6 Å². The highest BCUT2D eigenvalue weighted by Gasteiger charge is 2.00. The molecule has 2 N–H and O–H groups in total. The van der Waals surface area contributed by atoms with Crippen LogP contribution in [0.1, 0.15) is 0 Å². The molecule has 0 saturated heterocycles. The SMILES string of the molecule is [O]C(O)COCCOCC([O])O. The zero-order valence-electron chi connectivity index (χ0n) is 6.51. The van der Waals surface area contributed by atoms with Crippen LogP contribution in [0.5, 0.6) is 0 Å². The molecule has 72 valence electrons. The van der Waals surface area contributed by atoms with Crippen molar-refractivity contribution in [2.75, 3.05) is 26.4 Å². The van der Waals surface area contributed by atoms with E-state index in [4.69, 9.17) is 10.2 Å². The number of aliphatic hydroxyl groups excluding tert-OH is 2. The van der Waals surface area contributed by atoms with Crippen molar-refractivity contribution < 1.29 is 29.9 Å². The molecule has 0 aliphatic rings. The van der Waals surface area contributed by atoms with E-state index in [1.165, 1.54) is 0 Å². The van der Waals surface area contributed by atoms with Gasteiger partial charge in [0.25, 0.3) is 0 Å². The maximum Gasteiger partial charge on any atom is 0.212 e. The molecule has 0 saturated carbocycles. The molecule has 0 bridgehead atoms. The maximum absolute atomic E-state index is 9.97. The van der Waals surface area contributed by atoms with E-state index in [1.807, 2.05) is 0 Å². The van der Waals surface area contributed by atoms with Gasteiger partial charge in [-0.1, -0.05) is 0 Å². The largest absolute Gasteiger partial charge is 0.374 e. The van der Waals surface area contributed by atoms with Crippen molar-refractivity contribution in [2.24, 2.45) is 0 Å². The molecular weight excluding hydrogens is 168 g/mol. The van der Waals surface area contributed by atoms with Gasteiger partial charge in [-0.3, -0.25) is 0 Å². The third-order valence-electron chi connectivity index (χ3n) is 0.893. The second-order valence-electron chi connectivity index (χ2n) is 2.06. The Morgan fingerprint density at radius 1 is 0.917 bits per heavy atom. The fraction of sp³-hybridized carbons (Fsp3) is 1.00.